The maximum atomic E-state index is 13.1. The fourth-order valence-corrected chi connectivity index (χ4v) is 3.29. The highest BCUT2D eigenvalue weighted by molar-refractivity contribution is 6.34. The minimum absolute atomic E-state index is 0.280. The van der Waals surface area contributed by atoms with Crippen molar-refractivity contribution in [3.63, 3.8) is 0 Å². The van der Waals surface area contributed by atoms with Crippen LogP contribution in [0.3, 0.4) is 0 Å². The summed E-state index contributed by atoms with van der Waals surface area (Å²) in [5.74, 6) is -0.449. The number of hydrogen-bond acceptors (Lipinski definition) is 5. The Bertz CT molecular complexity index is 1140. The lowest BCUT2D eigenvalue weighted by Gasteiger charge is -2.16. The maximum absolute atomic E-state index is 13.1. The molecule has 168 valence electrons. The Balaban J connectivity index is 1.93. The number of nitrogens with zero attached hydrogens (tertiary/aromatic N) is 5. The molecular formula is C21H20ClF3N6O. The van der Waals surface area contributed by atoms with Crippen molar-refractivity contribution in [2.45, 2.75) is 39.4 Å². The first-order chi connectivity index (χ1) is 15.1. The quantitative estimate of drug-likeness (QED) is 0.533. The van der Waals surface area contributed by atoms with E-state index in [2.05, 4.69) is 25.6 Å². The summed E-state index contributed by atoms with van der Waals surface area (Å²) in [6, 6.07) is 4.19. The van der Waals surface area contributed by atoms with Gasteiger partial charge in [-0.05, 0) is 39.0 Å². The Kier molecular flexibility index (Phi) is 6.93. The summed E-state index contributed by atoms with van der Waals surface area (Å²) >= 11 is 5.88. The number of hydrogen-bond donors (Lipinski definition) is 1. The first-order valence-electron chi connectivity index (χ1n) is 9.61. The zero-order valence-electron chi connectivity index (χ0n) is 17.5. The number of alkyl halides is 3. The second-order valence-electron chi connectivity index (χ2n) is 7.23. The lowest BCUT2D eigenvalue weighted by atomic mass is 10.1. The molecule has 32 heavy (non-hydrogen) atoms. The third kappa shape index (κ3) is 5.13. The van der Waals surface area contributed by atoms with E-state index in [9.17, 15) is 18.0 Å². The topological polar surface area (TPSA) is 85.6 Å². The Labute approximate surface area is 187 Å². The van der Waals surface area contributed by atoms with Gasteiger partial charge in [0.2, 0.25) is 0 Å². The molecule has 1 aromatic carbocycles. The van der Waals surface area contributed by atoms with Crippen LogP contribution in [-0.2, 0) is 12.6 Å². The number of benzene rings is 1. The maximum Gasteiger partial charge on any atom is 0.417 e. The van der Waals surface area contributed by atoms with Crippen LogP contribution in [-0.4, -0.2) is 30.9 Å². The minimum Gasteiger partial charge on any atom is -0.344 e. The molecule has 0 aliphatic rings. The summed E-state index contributed by atoms with van der Waals surface area (Å²) in [4.78, 5) is 21.1. The van der Waals surface area contributed by atoms with E-state index in [-0.39, 0.29) is 5.56 Å². The third-order valence-corrected chi connectivity index (χ3v) is 4.95. The highest BCUT2D eigenvalue weighted by atomic mass is 35.5. The first kappa shape index (κ1) is 23.4. The summed E-state index contributed by atoms with van der Waals surface area (Å²) < 4.78 is 40.9. The van der Waals surface area contributed by atoms with Gasteiger partial charge in [0, 0.05) is 18.8 Å². The van der Waals surface area contributed by atoms with E-state index in [1.54, 1.807) is 25.4 Å². The summed E-state index contributed by atoms with van der Waals surface area (Å²) in [7, 11) is 0. The van der Waals surface area contributed by atoms with Crippen molar-refractivity contribution in [2.24, 2.45) is 0 Å². The van der Waals surface area contributed by atoms with Crippen molar-refractivity contribution in [2.75, 3.05) is 0 Å². The van der Waals surface area contributed by atoms with Crippen molar-refractivity contribution >= 4 is 17.5 Å². The molecule has 1 atom stereocenters. The Morgan fingerprint density at radius 1 is 1.22 bits per heavy atom. The molecule has 1 unspecified atom stereocenters. The highest BCUT2D eigenvalue weighted by Gasteiger charge is 2.35. The van der Waals surface area contributed by atoms with Gasteiger partial charge in [-0.15, -0.1) is 5.10 Å². The van der Waals surface area contributed by atoms with Gasteiger partial charge in [-0.3, -0.25) is 4.79 Å². The Hall–Kier alpha value is -3.27. The summed E-state index contributed by atoms with van der Waals surface area (Å²) in [6.45, 7) is 5.53. The molecule has 0 radical (unpaired) electrons. The Morgan fingerprint density at radius 2 is 1.91 bits per heavy atom. The number of carbonyl (C=O) groups excluding carboxylic acids is 1. The van der Waals surface area contributed by atoms with E-state index < -0.39 is 28.7 Å². The zero-order chi connectivity index (χ0) is 23.5. The second-order valence-corrected chi connectivity index (χ2v) is 7.61. The monoisotopic (exact) mass is 464 g/mol. The van der Waals surface area contributed by atoms with E-state index in [1.807, 2.05) is 19.9 Å². The summed E-state index contributed by atoms with van der Waals surface area (Å²) in [6.07, 6.45) is 0.854. The average molecular weight is 465 g/mol. The SMILES string of the molecule is CC(C)=CCc1c(C(C)NC(=O)c2cccc(C(F)(F)F)c2Cl)nnn1-c1ncccn1. The molecule has 7 nitrogen and oxygen atoms in total. The van der Waals surface area contributed by atoms with Crippen LogP contribution in [0.2, 0.25) is 5.02 Å². The highest BCUT2D eigenvalue weighted by Crippen LogP contribution is 2.36. The predicted octanol–water partition coefficient (Wildman–Crippen LogP) is 4.73. The molecule has 1 N–H and O–H groups in total. The number of halogens is 4. The van der Waals surface area contributed by atoms with Gasteiger partial charge >= 0.3 is 6.18 Å². The van der Waals surface area contributed by atoms with Crippen LogP contribution in [0.25, 0.3) is 5.95 Å². The Morgan fingerprint density at radius 3 is 2.53 bits per heavy atom. The van der Waals surface area contributed by atoms with Crippen molar-refractivity contribution < 1.29 is 18.0 Å². The smallest absolute Gasteiger partial charge is 0.344 e. The minimum atomic E-state index is -4.67. The van der Waals surface area contributed by atoms with Gasteiger partial charge in [0.15, 0.2) is 0 Å². The van der Waals surface area contributed by atoms with Crippen LogP contribution in [0.4, 0.5) is 13.2 Å². The van der Waals surface area contributed by atoms with Gasteiger partial charge in [0.25, 0.3) is 11.9 Å². The summed E-state index contributed by atoms with van der Waals surface area (Å²) in [5, 5.41) is 10.3. The number of rotatable bonds is 6. The molecule has 0 aliphatic heterocycles. The van der Waals surface area contributed by atoms with Crippen LogP contribution in [0, 0.1) is 0 Å². The van der Waals surface area contributed by atoms with Crippen molar-refractivity contribution in [1.29, 1.82) is 0 Å². The van der Waals surface area contributed by atoms with Crippen LogP contribution in [0.15, 0.2) is 48.3 Å². The third-order valence-electron chi connectivity index (χ3n) is 4.54. The molecular weight excluding hydrogens is 445 g/mol. The molecule has 11 heteroatoms. The van der Waals surface area contributed by atoms with E-state index in [4.69, 9.17) is 11.6 Å². The molecule has 0 fully saturated rings. The molecule has 0 saturated carbocycles. The molecule has 2 aromatic heterocycles. The molecule has 0 spiro atoms. The largest absolute Gasteiger partial charge is 0.417 e. The first-order valence-corrected chi connectivity index (χ1v) is 9.99. The normalized spacial score (nSPS) is 12.3. The molecule has 1 amide bonds. The number of carbonyl (C=O) groups is 1. The number of amides is 1. The van der Waals surface area contributed by atoms with Crippen LogP contribution < -0.4 is 5.32 Å². The standard InChI is InChI=1S/C21H20ClF3N6O/c1-12(2)8-9-16-18(29-30-31(16)20-26-10-5-11-27-20)13(3)28-19(32)14-6-4-7-15(17(14)22)21(23,24)25/h4-8,10-11,13H,9H2,1-3H3,(H,28,32). The van der Waals surface area contributed by atoms with Crippen molar-refractivity contribution in [1.82, 2.24) is 30.3 Å². The average Bonchev–Trinajstić information content (AvgIpc) is 3.16. The second kappa shape index (κ2) is 9.47. The fourth-order valence-electron chi connectivity index (χ4n) is 2.97. The van der Waals surface area contributed by atoms with Crippen molar-refractivity contribution in [3.8, 4) is 5.95 Å². The van der Waals surface area contributed by atoms with Crippen molar-refractivity contribution in [3.05, 3.63) is 75.8 Å². The molecule has 3 aromatic rings. The van der Waals surface area contributed by atoms with Gasteiger partial charge in [-0.25, -0.2) is 9.97 Å². The number of aromatic nitrogens is 5. The van der Waals surface area contributed by atoms with Gasteiger partial charge < -0.3 is 5.32 Å². The van der Waals surface area contributed by atoms with E-state index >= 15 is 0 Å². The molecule has 3 rings (SSSR count). The van der Waals surface area contributed by atoms with E-state index in [0.717, 1.165) is 17.7 Å². The molecule has 0 bridgehead atoms. The van der Waals surface area contributed by atoms with E-state index in [1.165, 1.54) is 10.7 Å². The molecule has 0 saturated heterocycles. The van der Waals surface area contributed by atoms with Gasteiger partial charge in [0.1, 0.15) is 5.69 Å². The number of nitrogens with one attached hydrogen (secondary N) is 1. The van der Waals surface area contributed by atoms with Crippen LogP contribution >= 0.6 is 11.6 Å². The fraction of sp³-hybridized carbons (Fsp3) is 0.286. The lowest BCUT2D eigenvalue weighted by molar-refractivity contribution is -0.137. The van der Waals surface area contributed by atoms with E-state index in [0.29, 0.717) is 23.8 Å². The number of allylic oxidation sites excluding steroid dienone is 2. The van der Waals surface area contributed by atoms with Gasteiger partial charge in [-0.2, -0.15) is 17.9 Å². The predicted molar refractivity (Wildman–Crippen MR) is 112 cm³/mol. The molecule has 0 aliphatic carbocycles. The van der Waals surface area contributed by atoms with Gasteiger partial charge in [0.05, 0.1) is 27.9 Å². The summed E-state index contributed by atoms with van der Waals surface area (Å²) in [5.41, 5.74) is 0.783. The van der Waals surface area contributed by atoms with Gasteiger partial charge in [-0.1, -0.05) is 34.5 Å². The zero-order valence-corrected chi connectivity index (χ0v) is 18.2. The molecule has 2 heterocycles. The van der Waals surface area contributed by atoms with Crippen LogP contribution in [0.5, 0.6) is 0 Å². The lowest BCUT2D eigenvalue weighted by Crippen LogP contribution is -2.28. The van der Waals surface area contributed by atoms with Crippen LogP contribution in [0.1, 0.15) is 54.1 Å².